The van der Waals surface area contributed by atoms with Crippen molar-refractivity contribution in [3.63, 3.8) is 0 Å². The van der Waals surface area contributed by atoms with Crippen LogP contribution in [-0.2, 0) is 4.79 Å². The smallest absolute Gasteiger partial charge is 0.230 e. The molecule has 2 fully saturated rings. The number of carbonyl (C=O) groups excluding carboxylic acids is 1. The van der Waals surface area contributed by atoms with Crippen molar-refractivity contribution in [3.05, 3.63) is 48.2 Å². The summed E-state index contributed by atoms with van der Waals surface area (Å²) in [4.78, 5) is 12.7. The molecule has 8 nitrogen and oxygen atoms in total. The number of benzene rings is 1. The molecular formula is C22H26N6O2S. The van der Waals surface area contributed by atoms with Crippen LogP contribution < -0.4 is 16.2 Å². The first-order valence-electron chi connectivity index (χ1n) is 10.6. The van der Waals surface area contributed by atoms with Crippen molar-refractivity contribution in [1.82, 2.24) is 30.9 Å². The van der Waals surface area contributed by atoms with E-state index >= 15 is 0 Å². The molecule has 162 valence electrons. The molecule has 1 amide bonds. The van der Waals surface area contributed by atoms with Gasteiger partial charge in [-0.15, -0.1) is 10.2 Å². The van der Waals surface area contributed by atoms with Gasteiger partial charge in [0.2, 0.25) is 11.7 Å². The Labute approximate surface area is 185 Å². The second-order valence-electron chi connectivity index (χ2n) is 8.21. The fraction of sp³-hybridized carbons (Fsp3) is 0.409. The maximum atomic E-state index is 12.7. The third kappa shape index (κ3) is 4.39. The van der Waals surface area contributed by atoms with Crippen molar-refractivity contribution >= 4 is 17.7 Å². The summed E-state index contributed by atoms with van der Waals surface area (Å²) in [7, 11) is 0. The van der Waals surface area contributed by atoms with Gasteiger partial charge in [0.1, 0.15) is 0 Å². The van der Waals surface area contributed by atoms with E-state index in [9.17, 15) is 4.79 Å². The van der Waals surface area contributed by atoms with Crippen LogP contribution in [0.5, 0.6) is 0 Å². The fourth-order valence-electron chi connectivity index (χ4n) is 4.36. The highest BCUT2D eigenvalue weighted by molar-refractivity contribution is 7.99. The van der Waals surface area contributed by atoms with E-state index in [1.165, 1.54) is 17.3 Å². The molecule has 1 aliphatic heterocycles. The van der Waals surface area contributed by atoms with Gasteiger partial charge in [-0.2, -0.15) is 0 Å². The van der Waals surface area contributed by atoms with Gasteiger partial charge < -0.3 is 9.73 Å². The second-order valence-corrected chi connectivity index (χ2v) is 9.15. The van der Waals surface area contributed by atoms with Crippen LogP contribution in [0.15, 0.2) is 52.2 Å². The molecular weight excluding hydrogens is 412 g/mol. The number of hydrazine groups is 1. The summed E-state index contributed by atoms with van der Waals surface area (Å²) >= 11 is 1.39. The van der Waals surface area contributed by atoms with Crippen molar-refractivity contribution in [2.24, 2.45) is 5.92 Å². The fourth-order valence-corrected chi connectivity index (χ4v) is 5.12. The molecule has 5 rings (SSSR count). The highest BCUT2D eigenvalue weighted by Gasteiger charge is 2.34. The number of thioether (sulfide) groups is 1. The van der Waals surface area contributed by atoms with E-state index in [2.05, 4.69) is 26.4 Å². The van der Waals surface area contributed by atoms with Crippen molar-refractivity contribution in [2.75, 3.05) is 12.3 Å². The number of furan rings is 1. The number of hydrogen-bond acceptors (Lipinski definition) is 7. The van der Waals surface area contributed by atoms with Crippen molar-refractivity contribution in [1.29, 1.82) is 0 Å². The van der Waals surface area contributed by atoms with Gasteiger partial charge in [-0.25, -0.2) is 0 Å². The number of aryl methyl sites for hydroxylation is 1. The van der Waals surface area contributed by atoms with Crippen LogP contribution in [-0.4, -0.2) is 45.1 Å². The Morgan fingerprint density at radius 2 is 2.13 bits per heavy atom. The molecule has 31 heavy (non-hydrogen) atoms. The van der Waals surface area contributed by atoms with Crippen LogP contribution >= 0.6 is 11.8 Å². The topological polar surface area (TPSA) is 97.0 Å². The van der Waals surface area contributed by atoms with E-state index in [0.717, 1.165) is 31.5 Å². The van der Waals surface area contributed by atoms with Crippen LogP contribution in [0, 0.1) is 12.8 Å². The molecule has 1 saturated carbocycles. The number of aromatic nitrogens is 3. The van der Waals surface area contributed by atoms with Gasteiger partial charge in [0.05, 0.1) is 12.0 Å². The molecule has 2 aromatic heterocycles. The minimum atomic E-state index is 0.0254. The minimum absolute atomic E-state index is 0.0254. The third-order valence-corrected chi connectivity index (χ3v) is 6.94. The predicted molar refractivity (Wildman–Crippen MR) is 119 cm³/mol. The Kier molecular flexibility index (Phi) is 5.80. The number of carbonyl (C=O) groups is 1. The Bertz CT molecular complexity index is 1030. The van der Waals surface area contributed by atoms with E-state index in [4.69, 9.17) is 4.42 Å². The molecule has 3 aromatic rings. The van der Waals surface area contributed by atoms with Crippen LogP contribution in [0.2, 0.25) is 0 Å². The van der Waals surface area contributed by atoms with Crippen LogP contribution in [0.4, 0.5) is 0 Å². The predicted octanol–water partition coefficient (Wildman–Crippen LogP) is 2.69. The quantitative estimate of drug-likeness (QED) is 0.509. The maximum Gasteiger partial charge on any atom is 0.230 e. The summed E-state index contributed by atoms with van der Waals surface area (Å²) in [5.41, 5.74) is 8.67. The lowest BCUT2D eigenvalue weighted by atomic mass is 9.83. The zero-order valence-electron chi connectivity index (χ0n) is 17.4. The molecule has 1 saturated heterocycles. The summed E-state index contributed by atoms with van der Waals surface area (Å²) < 4.78 is 7.50. The SMILES string of the molecule is Cc1ccc(-n2c(SCC(=O)NC3CCC4CNNC4C3)nnc2-c2ccco2)cc1. The van der Waals surface area contributed by atoms with Crippen molar-refractivity contribution in [3.8, 4) is 17.3 Å². The van der Waals surface area contributed by atoms with Gasteiger partial charge in [0.15, 0.2) is 10.9 Å². The van der Waals surface area contributed by atoms with E-state index < -0.39 is 0 Å². The maximum absolute atomic E-state index is 12.7. The molecule has 0 spiro atoms. The lowest BCUT2D eigenvalue weighted by molar-refractivity contribution is -0.119. The van der Waals surface area contributed by atoms with Gasteiger partial charge >= 0.3 is 0 Å². The summed E-state index contributed by atoms with van der Waals surface area (Å²) in [6.07, 6.45) is 4.75. The Balaban J connectivity index is 1.29. The number of fused-ring (bicyclic) bond motifs is 1. The molecule has 1 aromatic carbocycles. The molecule has 0 bridgehead atoms. The van der Waals surface area contributed by atoms with E-state index in [0.29, 0.717) is 34.5 Å². The number of amides is 1. The van der Waals surface area contributed by atoms with Crippen LogP contribution in [0.3, 0.4) is 0 Å². The minimum Gasteiger partial charge on any atom is -0.461 e. The second kappa shape index (κ2) is 8.86. The van der Waals surface area contributed by atoms with Gasteiger partial charge in [0.25, 0.3) is 0 Å². The Hall–Kier alpha value is -2.62. The normalized spacial score (nSPS) is 22.9. The van der Waals surface area contributed by atoms with Crippen LogP contribution in [0.1, 0.15) is 24.8 Å². The largest absolute Gasteiger partial charge is 0.461 e. The number of hydrogen-bond donors (Lipinski definition) is 3. The summed E-state index contributed by atoms with van der Waals surface area (Å²) in [6, 6.07) is 12.5. The molecule has 3 unspecified atom stereocenters. The molecule has 1 aliphatic carbocycles. The number of nitrogens with one attached hydrogen (secondary N) is 3. The van der Waals surface area contributed by atoms with E-state index in [1.807, 2.05) is 47.9 Å². The highest BCUT2D eigenvalue weighted by Crippen LogP contribution is 2.29. The molecule has 3 atom stereocenters. The Morgan fingerprint density at radius 3 is 2.94 bits per heavy atom. The first-order valence-corrected chi connectivity index (χ1v) is 11.6. The van der Waals surface area contributed by atoms with Gasteiger partial charge in [0, 0.05) is 24.3 Å². The van der Waals surface area contributed by atoms with Gasteiger partial charge in [-0.1, -0.05) is 29.5 Å². The first kappa shape index (κ1) is 20.3. The zero-order valence-corrected chi connectivity index (χ0v) is 18.2. The summed E-state index contributed by atoms with van der Waals surface area (Å²) in [5, 5.41) is 12.6. The van der Waals surface area contributed by atoms with Crippen LogP contribution in [0.25, 0.3) is 17.3 Å². The van der Waals surface area contributed by atoms with Crippen molar-refractivity contribution in [2.45, 2.75) is 43.4 Å². The molecule has 9 heteroatoms. The van der Waals surface area contributed by atoms with E-state index in [-0.39, 0.29) is 11.9 Å². The molecule has 2 aliphatic rings. The van der Waals surface area contributed by atoms with E-state index in [1.54, 1.807) is 6.26 Å². The Morgan fingerprint density at radius 1 is 1.26 bits per heavy atom. The zero-order chi connectivity index (χ0) is 21.2. The van der Waals surface area contributed by atoms with Gasteiger partial charge in [-0.05, 0) is 56.4 Å². The average Bonchev–Trinajstić information content (AvgIpc) is 3.52. The standard InChI is InChI=1S/C22H26N6O2S/c1-14-4-8-17(9-5-14)28-21(19-3-2-10-30-19)26-27-22(28)31-13-20(29)24-16-7-6-15-12-23-25-18(15)11-16/h2-5,8-10,15-16,18,23,25H,6-7,11-13H2,1H3,(H,24,29). The summed E-state index contributed by atoms with van der Waals surface area (Å²) in [5.74, 6) is 2.25. The summed E-state index contributed by atoms with van der Waals surface area (Å²) in [6.45, 7) is 3.07. The molecule has 0 radical (unpaired) electrons. The third-order valence-electron chi connectivity index (χ3n) is 6.01. The average molecular weight is 439 g/mol. The number of rotatable bonds is 6. The molecule has 3 heterocycles. The van der Waals surface area contributed by atoms with Gasteiger partial charge in [-0.3, -0.25) is 20.2 Å². The van der Waals surface area contributed by atoms with Crippen molar-refractivity contribution < 1.29 is 9.21 Å². The lowest BCUT2D eigenvalue weighted by Crippen LogP contribution is -2.45. The highest BCUT2D eigenvalue weighted by atomic mass is 32.2. The first-order chi connectivity index (χ1) is 15.2. The lowest BCUT2D eigenvalue weighted by Gasteiger charge is -2.31. The molecule has 3 N–H and O–H groups in total. The number of nitrogens with zero attached hydrogens (tertiary/aromatic N) is 3. The monoisotopic (exact) mass is 438 g/mol.